The molecule has 2 saturated heterocycles. The molecule has 10 heteroatoms. The van der Waals surface area contributed by atoms with Crippen molar-refractivity contribution in [2.75, 3.05) is 26.2 Å². The monoisotopic (exact) mass is 709 g/mol. The number of piperidine rings is 2. The summed E-state index contributed by atoms with van der Waals surface area (Å²) >= 11 is 13.7. The van der Waals surface area contributed by atoms with Gasteiger partial charge in [0.25, 0.3) is 0 Å². The molecule has 2 aromatic rings. The van der Waals surface area contributed by atoms with E-state index in [2.05, 4.69) is 37.9 Å². The minimum atomic E-state index is -1.30. The molecule has 5 rings (SSSR count). The molecule has 2 fully saturated rings. The first-order chi connectivity index (χ1) is 19.3. The summed E-state index contributed by atoms with van der Waals surface area (Å²) in [5.74, 6) is 0.306. The summed E-state index contributed by atoms with van der Waals surface area (Å²) in [6.07, 6.45) is 6.42. The maximum Gasteiger partial charge on any atom is 0.410 e. The zero-order chi connectivity index (χ0) is 29.5. The Balaban J connectivity index is 1.26. The number of nitrogens with zero attached hydrogens (tertiary/aromatic N) is 3. The van der Waals surface area contributed by atoms with Gasteiger partial charge < -0.3 is 19.6 Å². The fourth-order valence-electron chi connectivity index (χ4n) is 6.62. The Labute approximate surface area is 264 Å². The third kappa shape index (κ3) is 6.63. The summed E-state index contributed by atoms with van der Waals surface area (Å²) in [4.78, 5) is 34.2. The first-order valence-corrected chi connectivity index (χ1v) is 16.4. The summed E-state index contributed by atoms with van der Waals surface area (Å²) < 4.78 is 7.18. The van der Waals surface area contributed by atoms with Crippen LogP contribution in [0.25, 0.3) is 0 Å². The summed E-state index contributed by atoms with van der Waals surface area (Å²) in [5.41, 5.74) is 1.78. The lowest BCUT2D eigenvalue weighted by atomic mass is 9.72. The van der Waals surface area contributed by atoms with Gasteiger partial charge in [-0.1, -0.05) is 27.5 Å². The van der Waals surface area contributed by atoms with Crippen LogP contribution in [-0.4, -0.2) is 63.7 Å². The molecule has 41 heavy (non-hydrogen) atoms. The molecule has 1 aliphatic carbocycles. The molecule has 7 nitrogen and oxygen atoms in total. The Kier molecular flexibility index (Phi) is 9.11. The SMILES string of the molecule is CC(C)(C)OC(=O)N1CCC(CC(=O)N2CCC(C3(O)c4ncc(Br)cc4CCc4cc(Cl)cc(Br)c43)CC2)CC1. The fraction of sp³-hybridized carbons (Fsp3) is 0.581. The van der Waals surface area contributed by atoms with Crippen molar-refractivity contribution in [2.45, 2.75) is 76.9 Å². The van der Waals surface area contributed by atoms with Crippen molar-refractivity contribution >= 4 is 55.5 Å². The third-order valence-electron chi connectivity index (χ3n) is 8.64. The Hall–Kier alpha value is -1.68. The number of ether oxygens (including phenoxy) is 1. The number of aromatic nitrogens is 1. The molecule has 0 saturated carbocycles. The Morgan fingerprint density at radius 1 is 1.02 bits per heavy atom. The average Bonchev–Trinajstić information content (AvgIpc) is 3.02. The van der Waals surface area contributed by atoms with Gasteiger partial charge in [-0.15, -0.1) is 0 Å². The highest BCUT2D eigenvalue weighted by Gasteiger charge is 2.48. The highest BCUT2D eigenvalue weighted by atomic mass is 79.9. The second-order valence-electron chi connectivity index (χ2n) is 12.6. The number of carbonyl (C=O) groups is 2. The van der Waals surface area contributed by atoms with E-state index in [0.717, 1.165) is 51.3 Å². The molecule has 222 valence electrons. The predicted molar refractivity (Wildman–Crippen MR) is 166 cm³/mol. The highest BCUT2D eigenvalue weighted by molar-refractivity contribution is 9.10. The first kappa shape index (κ1) is 30.8. The van der Waals surface area contributed by atoms with Gasteiger partial charge in [0.2, 0.25) is 5.91 Å². The second-order valence-corrected chi connectivity index (χ2v) is 14.8. The van der Waals surface area contributed by atoms with E-state index in [-0.39, 0.29) is 23.8 Å². The zero-order valence-electron chi connectivity index (χ0n) is 23.9. The standard InChI is InChI=1S/C31H38Br2ClN3O4/c1-30(2,3)41-29(39)37-10-6-19(7-11-37)14-26(38)36-12-8-22(9-13-36)31(40)27-20(16-24(34)17-25(27)33)4-5-21-15-23(32)18-35-28(21)31/h15-19,22,40H,4-14H2,1-3H3. The van der Waals surface area contributed by atoms with Crippen LogP contribution >= 0.6 is 43.5 Å². The smallest absolute Gasteiger partial charge is 0.410 e. The molecular weight excluding hydrogens is 674 g/mol. The molecule has 3 heterocycles. The number of hydrogen-bond acceptors (Lipinski definition) is 5. The Bertz CT molecular complexity index is 1320. The molecule has 2 aliphatic heterocycles. The number of benzene rings is 1. The molecule has 1 N–H and O–H groups in total. The van der Waals surface area contributed by atoms with Crippen LogP contribution in [0, 0.1) is 11.8 Å². The number of carbonyl (C=O) groups excluding carboxylic acids is 2. The number of likely N-dealkylation sites (tertiary alicyclic amines) is 2. The maximum atomic E-state index is 13.3. The van der Waals surface area contributed by atoms with Crippen molar-refractivity contribution < 1.29 is 19.4 Å². The van der Waals surface area contributed by atoms with Gasteiger partial charge in [-0.25, -0.2) is 4.79 Å². The first-order valence-electron chi connectivity index (χ1n) is 14.5. The molecule has 0 radical (unpaired) electrons. The zero-order valence-corrected chi connectivity index (χ0v) is 27.8. The molecule has 1 aromatic carbocycles. The number of rotatable bonds is 3. The van der Waals surface area contributed by atoms with E-state index in [1.165, 1.54) is 0 Å². The highest BCUT2D eigenvalue weighted by Crippen LogP contribution is 2.49. The molecule has 3 aliphatic rings. The lowest BCUT2D eigenvalue weighted by Crippen LogP contribution is -2.47. The van der Waals surface area contributed by atoms with Gasteiger partial charge in [0.1, 0.15) is 11.2 Å². The molecule has 1 unspecified atom stereocenters. The minimum Gasteiger partial charge on any atom is -0.444 e. The Morgan fingerprint density at radius 2 is 1.66 bits per heavy atom. The number of hydrogen-bond donors (Lipinski definition) is 1. The van der Waals surface area contributed by atoms with E-state index < -0.39 is 11.2 Å². The minimum absolute atomic E-state index is 0.106. The maximum absolute atomic E-state index is 13.3. The number of aliphatic hydroxyl groups is 1. The van der Waals surface area contributed by atoms with Crippen LogP contribution < -0.4 is 0 Å². The largest absolute Gasteiger partial charge is 0.444 e. The van der Waals surface area contributed by atoms with Gasteiger partial charge in [-0.2, -0.15) is 0 Å². The summed E-state index contributed by atoms with van der Waals surface area (Å²) in [6, 6.07) is 5.86. The molecule has 0 spiro atoms. The molecule has 2 amide bonds. The van der Waals surface area contributed by atoms with Crippen LogP contribution in [0.1, 0.15) is 75.3 Å². The van der Waals surface area contributed by atoms with Crippen molar-refractivity contribution in [3.8, 4) is 0 Å². The van der Waals surface area contributed by atoms with E-state index in [0.29, 0.717) is 56.2 Å². The van der Waals surface area contributed by atoms with Crippen LogP contribution in [0.2, 0.25) is 5.02 Å². The summed E-state index contributed by atoms with van der Waals surface area (Å²) in [7, 11) is 0. The quantitative estimate of drug-likeness (QED) is 0.376. The van der Waals surface area contributed by atoms with Crippen molar-refractivity contribution in [1.29, 1.82) is 0 Å². The lowest BCUT2D eigenvalue weighted by molar-refractivity contribution is -0.135. The predicted octanol–water partition coefficient (Wildman–Crippen LogP) is 6.87. The van der Waals surface area contributed by atoms with Crippen LogP contribution in [-0.2, 0) is 28.0 Å². The van der Waals surface area contributed by atoms with Gasteiger partial charge in [0, 0.05) is 64.2 Å². The number of halogens is 3. The van der Waals surface area contributed by atoms with Crippen LogP contribution in [0.15, 0.2) is 33.3 Å². The van der Waals surface area contributed by atoms with Crippen molar-refractivity contribution in [3.63, 3.8) is 0 Å². The Morgan fingerprint density at radius 3 is 2.32 bits per heavy atom. The van der Waals surface area contributed by atoms with Crippen molar-refractivity contribution in [3.05, 3.63) is 60.7 Å². The van der Waals surface area contributed by atoms with Crippen LogP contribution in [0.3, 0.4) is 0 Å². The van der Waals surface area contributed by atoms with Gasteiger partial charge in [-0.3, -0.25) is 9.78 Å². The number of amides is 2. The average molecular weight is 712 g/mol. The normalized spacial score (nSPS) is 22.1. The van der Waals surface area contributed by atoms with Gasteiger partial charge >= 0.3 is 6.09 Å². The van der Waals surface area contributed by atoms with Crippen molar-refractivity contribution in [2.24, 2.45) is 11.8 Å². The molecule has 1 atom stereocenters. The second kappa shape index (κ2) is 12.1. The topological polar surface area (TPSA) is 83.0 Å². The fourth-order valence-corrected chi connectivity index (χ4v) is 8.17. The third-order valence-corrected chi connectivity index (χ3v) is 9.92. The van der Waals surface area contributed by atoms with E-state index >= 15 is 0 Å². The van der Waals surface area contributed by atoms with Crippen molar-refractivity contribution in [1.82, 2.24) is 14.8 Å². The van der Waals surface area contributed by atoms with E-state index in [4.69, 9.17) is 21.3 Å². The lowest BCUT2D eigenvalue weighted by Gasteiger charge is -2.43. The molecular formula is C31H38Br2ClN3O4. The molecule has 0 bridgehead atoms. The van der Waals surface area contributed by atoms with Gasteiger partial charge in [0.15, 0.2) is 0 Å². The van der Waals surface area contributed by atoms with E-state index in [1.807, 2.05) is 37.8 Å². The number of fused-ring (bicyclic) bond motifs is 2. The van der Waals surface area contributed by atoms with E-state index in [9.17, 15) is 14.7 Å². The van der Waals surface area contributed by atoms with Gasteiger partial charge in [0.05, 0.1) is 5.69 Å². The van der Waals surface area contributed by atoms with Gasteiger partial charge in [-0.05, 0) is 110 Å². The van der Waals surface area contributed by atoms with Crippen LogP contribution in [0.5, 0.6) is 0 Å². The summed E-state index contributed by atoms with van der Waals surface area (Å²) in [5, 5.41) is 13.3. The number of aryl methyl sites for hydroxylation is 2. The molecule has 1 aromatic heterocycles. The summed E-state index contributed by atoms with van der Waals surface area (Å²) in [6.45, 7) is 8.02. The van der Waals surface area contributed by atoms with E-state index in [1.54, 1.807) is 11.1 Å². The number of pyridine rings is 1. The van der Waals surface area contributed by atoms with Crippen LogP contribution in [0.4, 0.5) is 4.79 Å².